The predicted molar refractivity (Wildman–Crippen MR) is 50.9 cm³/mol. The summed E-state index contributed by atoms with van der Waals surface area (Å²) in [5, 5.41) is 5.64. The predicted octanol–water partition coefficient (Wildman–Crippen LogP) is 1.21. The molecule has 72 valence electrons. The Hall–Kier alpha value is -0.940. The van der Waals surface area contributed by atoms with Gasteiger partial charge >= 0.3 is 5.97 Å². The van der Waals surface area contributed by atoms with E-state index in [4.69, 9.17) is 0 Å². The zero-order valence-electron chi connectivity index (χ0n) is 7.83. The van der Waals surface area contributed by atoms with Crippen molar-refractivity contribution in [1.29, 1.82) is 0 Å². The SMILES string of the molecule is CNC(C)c1nc(C(=O)OC)cs1. The molecule has 13 heavy (non-hydrogen) atoms. The number of carbonyl (C=O) groups is 1. The van der Waals surface area contributed by atoms with Crippen LogP contribution in [0.5, 0.6) is 0 Å². The van der Waals surface area contributed by atoms with Gasteiger partial charge in [0.05, 0.1) is 13.2 Å². The van der Waals surface area contributed by atoms with Gasteiger partial charge in [0.2, 0.25) is 0 Å². The molecule has 0 aliphatic heterocycles. The highest BCUT2D eigenvalue weighted by molar-refractivity contribution is 7.09. The maximum absolute atomic E-state index is 11.0. The lowest BCUT2D eigenvalue weighted by atomic mass is 10.4. The van der Waals surface area contributed by atoms with Crippen LogP contribution in [0.2, 0.25) is 0 Å². The van der Waals surface area contributed by atoms with Crippen LogP contribution in [0.1, 0.15) is 28.5 Å². The highest BCUT2D eigenvalue weighted by Crippen LogP contribution is 2.17. The van der Waals surface area contributed by atoms with E-state index in [0.717, 1.165) is 5.01 Å². The van der Waals surface area contributed by atoms with Crippen LogP contribution in [0.15, 0.2) is 5.38 Å². The fourth-order valence-corrected chi connectivity index (χ4v) is 1.66. The highest BCUT2D eigenvalue weighted by atomic mass is 32.1. The van der Waals surface area contributed by atoms with Crippen LogP contribution in [0.3, 0.4) is 0 Å². The van der Waals surface area contributed by atoms with Crippen molar-refractivity contribution >= 4 is 17.3 Å². The Labute approximate surface area is 80.9 Å². The van der Waals surface area contributed by atoms with Gasteiger partial charge in [0.15, 0.2) is 5.69 Å². The molecule has 1 atom stereocenters. The summed E-state index contributed by atoms with van der Waals surface area (Å²) in [5.74, 6) is -0.384. The zero-order valence-corrected chi connectivity index (χ0v) is 8.64. The van der Waals surface area contributed by atoms with Crippen LogP contribution in [0.4, 0.5) is 0 Å². The molecule has 1 rings (SSSR count). The highest BCUT2D eigenvalue weighted by Gasteiger charge is 2.13. The fraction of sp³-hybridized carbons (Fsp3) is 0.500. The van der Waals surface area contributed by atoms with Gasteiger partial charge in [-0.25, -0.2) is 9.78 Å². The number of aromatic nitrogens is 1. The van der Waals surface area contributed by atoms with E-state index in [9.17, 15) is 4.79 Å². The van der Waals surface area contributed by atoms with Crippen molar-refractivity contribution in [1.82, 2.24) is 10.3 Å². The fourth-order valence-electron chi connectivity index (χ4n) is 0.808. The van der Waals surface area contributed by atoms with E-state index in [1.165, 1.54) is 18.4 Å². The molecule has 0 aliphatic carbocycles. The molecule has 0 amide bonds. The summed E-state index contributed by atoms with van der Waals surface area (Å²) in [6, 6.07) is 0.170. The average molecular weight is 200 g/mol. The van der Waals surface area contributed by atoms with Gasteiger partial charge in [0.1, 0.15) is 5.01 Å². The molecule has 0 saturated heterocycles. The minimum absolute atomic E-state index is 0.170. The first-order chi connectivity index (χ1) is 6.19. The Balaban J connectivity index is 2.80. The summed E-state index contributed by atoms with van der Waals surface area (Å²) in [6.07, 6.45) is 0. The van der Waals surface area contributed by atoms with Gasteiger partial charge in [-0.3, -0.25) is 0 Å². The molecule has 1 aromatic rings. The van der Waals surface area contributed by atoms with E-state index in [1.807, 2.05) is 14.0 Å². The third-order valence-electron chi connectivity index (χ3n) is 1.72. The number of hydrogen-bond donors (Lipinski definition) is 1. The second-order valence-electron chi connectivity index (χ2n) is 2.57. The van der Waals surface area contributed by atoms with Crippen molar-refractivity contribution in [3.63, 3.8) is 0 Å². The van der Waals surface area contributed by atoms with E-state index >= 15 is 0 Å². The quantitative estimate of drug-likeness (QED) is 0.745. The molecule has 0 radical (unpaired) electrons. The minimum Gasteiger partial charge on any atom is -0.464 e. The number of rotatable bonds is 3. The van der Waals surface area contributed by atoms with Crippen LogP contribution in [0.25, 0.3) is 0 Å². The topological polar surface area (TPSA) is 51.2 Å². The molecule has 5 heteroatoms. The average Bonchev–Trinajstić information content (AvgIpc) is 2.64. The van der Waals surface area contributed by atoms with Crippen molar-refractivity contribution in [3.05, 3.63) is 16.1 Å². The molecule has 4 nitrogen and oxygen atoms in total. The Morgan fingerprint density at radius 3 is 3.00 bits per heavy atom. The second-order valence-corrected chi connectivity index (χ2v) is 3.46. The largest absolute Gasteiger partial charge is 0.464 e. The number of thiazole rings is 1. The lowest BCUT2D eigenvalue weighted by molar-refractivity contribution is 0.0594. The molecule has 1 N–H and O–H groups in total. The first-order valence-electron chi connectivity index (χ1n) is 3.90. The maximum Gasteiger partial charge on any atom is 0.357 e. The van der Waals surface area contributed by atoms with Gasteiger partial charge in [-0.05, 0) is 14.0 Å². The summed E-state index contributed by atoms with van der Waals surface area (Å²) in [7, 11) is 3.20. The zero-order chi connectivity index (χ0) is 9.84. The van der Waals surface area contributed by atoms with Crippen LogP contribution >= 0.6 is 11.3 Å². The van der Waals surface area contributed by atoms with Gasteiger partial charge in [-0.15, -0.1) is 11.3 Å². The van der Waals surface area contributed by atoms with Gasteiger partial charge in [0, 0.05) is 5.38 Å². The summed E-state index contributed by atoms with van der Waals surface area (Å²) in [6.45, 7) is 1.99. The Morgan fingerprint density at radius 2 is 2.46 bits per heavy atom. The molecular weight excluding hydrogens is 188 g/mol. The van der Waals surface area contributed by atoms with E-state index < -0.39 is 0 Å². The van der Waals surface area contributed by atoms with Gasteiger partial charge in [-0.2, -0.15) is 0 Å². The van der Waals surface area contributed by atoms with Crippen LogP contribution in [0, 0.1) is 0 Å². The molecule has 0 aliphatic rings. The molecule has 0 fully saturated rings. The number of methoxy groups -OCH3 is 1. The van der Waals surface area contributed by atoms with Crippen LogP contribution < -0.4 is 5.32 Å². The molecule has 1 aromatic heterocycles. The van der Waals surface area contributed by atoms with Crippen molar-refractivity contribution in [2.24, 2.45) is 0 Å². The summed E-state index contributed by atoms with van der Waals surface area (Å²) < 4.78 is 4.55. The van der Waals surface area contributed by atoms with E-state index in [-0.39, 0.29) is 12.0 Å². The van der Waals surface area contributed by atoms with Crippen molar-refractivity contribution in [2.75, 3.05) is 14.2 Å². The molecule has 0 aromatic carbocycles. The number of esters is 1. The third-order valence-corrected chi connectivity index (χ3v) is 2.75. The van der Waals surface area contributed by atoms with E-state index in [1.54, 1.807) is 5.38 Å². The lowest BCUT2D eigenvalue weighted by Crippen LogP contribution is -2.12. The number of nitrogens with zero attached hydrogens (tertiary/aromatic N) is 1. The normalized spacial score (nSPS) is 12.5. The molecule has 0 bridgehead atoms. The van der Waals surface area contributed by atoms with Gasteiger partial charge in [0.25, 0.3) is 0 Å². The minimum atomic E-state index is -0.384. The van der Waals surface area contributed by atoms with Gasteiger partial charge < -0.3 is 10.1 Å². The molecule has 1 unspecified atom stereocenters. The van der Waals surface area contributed by atoms with Crippen LogP contribution in [-0.2, 0) is 4.74 Å². The summed E-state index contributed by atoms with van der Waals surface area (Å²) in [4.78, 5) is 15.2. The number of ether oxygens (including phenoxy) is 1. The molecule has 0 spiro atoms. The standard InChI is InChI=1S/C8H12N2O2S/c1-5(9-2)7-10-6(4-13-7)8(11)12-3/h4-5,9H,1-3H3. The lowest BCUT2D eigenvalue weighted by Gasteiger charge is -2.03. The first kappa shape index (κ1) is 10.1. The molecule has 1 heterocycles. The number of hydrogen-bond acceptors (Lipinski definition) is 5. The van der Waals surface area contributed by atoms with Crippen molar-refractivity contribution < 1.29 is 9.53 Å². The summed E-state index contributed by atoms with van der Waals surface area (Å²) >= 11 is 1.45. The van der Waals surface area contributed by atoms with Crippen molar-refractivity contribution in [3.8, 4) is 0 Å². The Bertz CT molecular complexity index is 298. The second kappa shape index (κ2) is 4.34. The summed E-state index contributed by atoms with van der Waals surface area (Å²) in [5.41, 5.74) is 0.379. The van der Waals surface area contributed by atoms with Gasteiger partial charge in [-0.1, -0.05) is 0 Å². The van der Waals surface area contributed by atoms with Crippen molar-refractivity contribution in [2.45, 2.75) is 13.0 Å². The smallest absolute Gasteiger partial charge is 0.357 e. The monoisotopic (exact) mass is 200 g/mol. The number of nitrogens with one attached hydrogen (secondary N) is 1. The third kappa shape index (κ3) is 2.26. The maximum atomic E-state index is 11.0. The molecule has 0 saturated carbocycles. The Kier molecular flexibility index (Phi) is 3.39. The van der Waals surface area contributed by atoms with E-state index in [0.29, 0.717) is 5.69 Å². The Morgan fingerprint density at radius 1 is 1.77 bits per heavy atom. The van der Waals surface area contributed by atoms with Crippen LogP contribution in [-0.4, -0.2) is 25.1 Å². The first-order valence-corrected chi connectivity index (χ1v) is 4.78. The molecular formula is C8H12N2O2S. The number of carbonyl (C=O) groups excluding carboxylic acids is 1. The van der Waals surface area contributed by atoms with E-state index in [2.05, 4.69) is 15.0 Å².